The van der Waals surface area contributed by atoms with E-state index in [2.05, 4.69) is 17.2 Å². The van der Waals surface area contributed by atoms with Gasteiger partial charge in [0.2, 0.25) is 5.91 Å². The molecule has 0 saturated heterocycles. The maximum Gasteiger partial charge on any atom is 0.262 e. The third kappa shape index (κ3) is 4.15. The molecule has 7 heteroatoms. The van der Waals surface area contributed by atoms with Crippen molar-refractivity contribution in [2.75, 3.05) is 13.2 Å². The first kappa shape index (κ1) is 19.0. The zero-order valence-corrected chi connectivity index (χ0v) is 16.5. The summed E-state index contributed by atoms with van der Waals surface area (Å²) in [5.74, 6) is 0.395. The second kappa shape index (κ2) is 8.31. The molecule has 0 spiro atoms. The first-order valence-electron chi connectivity index (χ1n) is 9.31. The van der Waals surface area contributed by atoms with Crippen molar-refractivity contribution in [3.05, 3.63) is 27.1 Å². The van der Waals surface area contributed by atoms with Gasteiger partial charge in [-0.1, -0.05) is 19.8 Å². The molecule has 0 unspecified atom stereocenters. The fourth-order valence-corrected chi connectivity index (χ4v) is 4.51. The number of carbonyl (C=O) groups is 1. The van der Waals surface area contributed by atoms with Crippen LogP contribution in [0, 0.1) is 19.8 Å². The number of amides is 1. The SMILES string of the molecule is Cc1sc2ncn(CC(=O)NCCO[C@@H]3CCCC[C@@H]3C)c(=O)c2c1C. The maximum absolute atomic E-state index is 12.6. The van der Waals surface area contributed by atoms with E-state index in [0.717, 1.165) is 21.7 Å². The Kier molecular flexibility index (Phi) is 6.09. The summed E-state index contributed by atoms with van der Waals surface area (Å²) in [6.45, 7) is 7.08. The van der Waals surface area contributed by atoms with Gasteiger partial charge in [0.05, 0.1) is 24.4 Å². The molecule has 6 nitrogen and oxygen atoms in total. The lowest BCUT2D eigenvalue weighted by Gasteiger charge is -2.28. The Morgan fingerprint density at radius 1 is 1.38 bits per heavy atom. The number of nitrogens with one attached hydrogen (secondary N) is 1. The van der Waals surface area contributed by atoms with Crippen LogP contribution >= 0.6 is 11.3 Å². The smallest absolute Gasteiger partial charge is 0.262 e. The number of hydrogen-bond acceptors (Lipinski definition) is 5. The van der Waals surface area contributed by atoms with E-state index in [9.17, 15) is 9.59 Å². The van der Waals surface area contributed by atoms with E-state index in [1.807, 2.05) is 13.8 Å². The number of fused-ring (bicyclic) bond motifs is 1. The van der Waals surface area contributed by atoms with Crippen LogP contribution in [0.15, 0.2) is 11.1 Å². The number of rotatable bonds is 6. The molecule has 2 atom stereocenters. The number of hydrogen-bond donors (Lipinski definition) is 1. The Morgan fingerprint density at radius 3 is 2.92 bits per heavy atom. The Hall–Kier alpha value is -1.73. The molecule has 2 aromatic rings. The molecular weight excluding hydrogens is 350 g/mol. The summed E-state index contributed by atoms with van der Waals surface area (Å²) in [4.78, 5) is 30.9. The van der Waals surface area contributed by atoms with Crippen LogP contribution in [0.2, 0.25) is 0 Å². The van der Waals surface area contributed by atoms with Crippen molar-refractivity contribution >= 4 is 27.5 Å². The highest BCUT2D eigenvalue weighted by molar-refractivity contribution is 7.18. The van der Waals surface area contributed by atoms with Gasteiger partial charge in [0.25, 0.3) is 5.56 Å². The minimum absolute atomic E-state index is 0.0179. The quantitative estimate of drug-likeness (QED) is 0.786. The lowest BCUT2D eigenvalue weighted by Crippen LogP contribution is -2.35. The number of nitrogens with zero attached hydrogens (tertiary/aromatic N) is 2. The van der Waals surface area contributed by atoms with Gasteiger partial charge in [-0.3, -0.25) is 14.2 Å². The van der Waals surface area contributed by atoms with E-state index < -0.39 is 0 Å². The molecule has 0 aromatic carbocycles. The number of aromatic nitrogens is 2. The third-order valence-electron chi connectivity index (χ3n) is 5.26. The van der Waals surface area contributed by atoms with E-state index in [-0.39, 0.29) is 18.0 Å². The summed E-state index contributed by atoms with van der Waals surface area (Å²) in [5.41, 5.74) is 0.798. The van der Waals surface area contributed by atoms with Crippen molar-refractivity contribution < 1.29 is 9.53 Å². The van der Waals surface area contributed by atoms with Crippen LogP contribution in [0.5, 0.6) is 0 Å². The predicted octanol–water partition coefficient (Wildman–Crippen LogP) is 2.79. The van der Waals surface area contributed by atoms with E-state index in [1.54, 1.807) is 0 Å². The molecule has 142 valence electrons. The molecule has 2 heterocycles. The standard InChI is InChI=1S/C19H27N3O3S/c1-12-6-4-5-7-15(12)25-9-8-20-16(23)10-22-11-21-18-17(19(22)24)13(2)14(3)26-18/h11-12,15H,4-10H2,1-3H3,(H,20,23)/t12-,15+/m0/s1. The minimum atomic E-state index is -0.196. The van der Waals surface area contributed by atoms with Crippen molar-refractivity contribution in [3.8, 4) is 0 Å². The van der Waals surface area contributed by atoms with Crippen molar-refractivity contribution in [2.24, 2.45) is 5.92 Å². The van der Waals surface area contributed by atoms with E-state index in [0.29, 0.717) is 30.6 Å². The summed E-state index contributed by atoms with van der Waals surface area (Å²) in [6, 6.07) is 0. The fraction of sp³-hybridized carbons (Fsp3) is 0.632. The van der Waals surface area contributed by atoms with Gasteiger partial charge in [-0.25, -0.2) is 4.98 Å². The zero-order valence-electron chi connectivity index (χ0n) is 15.7. The minimum Gasteiger partial charge on any atom is -0.376 e. The Balaban J connectivity index is 1.52. The Bertz CT molecular complexity index is 842. The summed E-state index contributed by atoms with van der Waals surface area (Å²) in [6.07, 6.45) is 6.60. The average molecular weight is 378 g/mol. The molecule has 0 aliphatic heterocycles. The molecule has 1 amide bonds. The summed E-state index contributed by atoms with van der Waals surface area (Å²) >= 11 is 1.51. The number of carbonyl (C=O) groups excluding carboxylic acids is 1. The maximum atomic E-state index is 12.6. The third-order valence-corrected chi connectivity index (χ3v) is 6.37. The van der Waals surface area contributed by atoms with Crippen LogP contribution < -0.4 is 10.9 Å². The first-order chi connectivity index (χ1) is 12.5. The molecule has 2 aromatic heterocycles. The highest BCUT2D eigenvalue weighted by Gasteiger charge is 2.21. The van der Waals surface area contributed by atoms with Gasteiger partial charge in [0.1, 0.15) is 11.4 Å². The molecule has 1 saturated carbocycles. The largest absolute Gasteiger partial charge is 0.376 e. The van der Waals surface area contributed by atoms with E-state index in [1.165, 1.54) is 41.5 Å². The molecule has 1 aliphatic carbocycles. The summed E-state index contributed by atoms with van der Waals surface area (Å²) < 4.78 is 7.28. The summed E-state index contributed by atoms with van der Waals surface area (Å²) in [5, 5.41) is 3.45. The normalized spacial score (nSPS) is 20.4. The number of aryl methyl sites for hydroxylation is 2. The number of ether oxygens (including phenoxy) is 1. The van der Waals surface area contributed by atoms with Crippen molar-refractivity contribution in [2.45, 2.75) is 59.1 Å². The topological polar surface area (TPSA) is 73.2 Å². The molecule has 26 heavy (non-hydrogen) atoms. The second-order valence-corrected chi connectivity index (χ2v) is 8.37. The van der Waals surface area contributed by atoms with Crippen molar-refractivity contribution in [3.63, 3.8) is 0 Å². The lowest BCUT2D eigenvalue weighted by molar-refractivity contribution is -0.122. The fourth-order valence-electron chi connectivity index (χ4n) is 3.52. The first-order valence-corrected chi connectivity index (χ1v) is 10.1. The van der Waals surface area contributed by atoms with Crippen LogP contribution in [0.25, 0.3) is 10.2 Å². The Labute approximate surface area is 157 Å². The van der Waals surface area contributed by atoms with Gasteiger partial charge < -0.3 is 10.1 Å². The van der Waals surface area contributed by atoms with E-state index >= 15 is 0 Å². The second-order valence-electron chi connectivity index (χ2n) is 7.16. The summed E-state index contributed by atoms with van der Waals surface area (Å²) in [7, 11) is 0. The van der Waals surface area contributed by atoms with Crippen LogP contribution in [0.1, 0.15) is 43.0 Å². The van der Waals surface area contributed by atoms with Gasteiger partial charge in [0, 0.05) is 11.4 Å². The highest BCUT2D eigenvalue weighted by Crippen LogP contribution is 2.26. The van der Waals surface area contributed by atoms with Crippen molar-refractivity contribution in [1.29, 1.82) is 0 Å². The number of thiophene rings is 1. The lowest BCUT2D eigenvalue weighted by atomic mass is 9.88. The van der Waals surface area contributed by atoms with Crippen LogP contribution in [0.4, 0.5) is 0 Å². The molecule has 0 bridgehead atoms. The zero-order chi connectivity index (χ0) is 18.7. The van der Waals surface area contributed by atoms with Crippen LogP contribution in [-0.2, 0) is 16.1 Å². The monoisotopic (exact) mass is 377 g/mol. The van der Waals surface area contributed by atoms with Gasteiger partial charge in [-0.05, 0) is 38.2 Å². The molecule has 0 radical (unpaired) electrons. The van der Waals surface area contributed by atoms with Crippen LogP contribution in [0.3, 0.4) is 0 Å². The molecule has 1 aliphatic rings. The van der Waals surface area contributed by atoms with Gasteiger partial charge in [-0.2, -0.15) is 0 Å². The molecular formula is C19H27N3O3S. The van der Waals surface area contributed by atoms with Gasteiger partial charge in [0.15, 0.2) is 0 Å². The van der Waals surface area contributed by atoms with E-state index in [4.69, 9.17) is 4.74 Å². The predicted molar refractivity (Wildman–Crippen MR) is 104 cm³/mol. The Morgan fingerprint density at radius 2 is 2.15 bits per heavy atom. The highest BCUT2D eigenvalue weighted by atomic mass is 32.1. The van der Waals surface area contributed by atoms with Gasteiger partial charge in [-0.15, -0.1) is 11.3 Å². The molecule has 3 rings (SSSR count). The molecule has 1 N–H and O–H groups in total. The molecule has 1 fully saturated rings. The van der Waals surface area contributed by atoms with Crippen LogP contribution in [-0.4, -0.2) is 34.7 Å². The average Bonchev–Trinajstić information content (AvgIpc) is 2.91. The van der Waals surface area contributed by atoms with Gasteiger partial charge >= 0.3 is 0 Å². The van der Waals surface area contributed by atoms with Crippen molar-refractivity contribution in [1.82, 2.24) is 14.9 Å².